The van der Waals surface area contributed by atoms with Gasteiger partial charge in [-0.05, 0) is 25.0 Å². The maximum atomic E-state index is 12.6. The SMILES string of the molecule is CCOc1ccccc1CCC(=O)N1CCn2c(CC)nnc2C1. The lowest BCUT2D eigenvalue weighted by molar-refractivity contribution is -0.132. The molecule has 1 aliphatic rings. The summed E-state index contributed by atoms with van der Waals surface area (Å²) in [7, 11) is 0. The Kier molecular flexibility index (Phi) is 5.13. The fraction of sp³-hybridized carbons (Fsp3) is 0.500. The van der Waals surface area contributed by atoms with Crippen LogP contribution in [0, 0.1) is 0 Å². The predicted molar refractivity (Wildman–Crippen MR) is 90.7 cm³/mol. The molecule has 2 aromatic rings. The standard InChI is InChI=1S/C18H24N4O2/c1-3-16-19-20-17-13-21(11-12-22(16)17)18(23)10-9-14-7-5-6-8-15(14)24-4-2/h5-8H,3-4,9-13H2,1-2H3. The van der Waals surface area contributed by atoms with Crippen molar-refractivity contribution in [3.63, 3.8) is 0 Å². The van der Waals surface area contributed by atoms with Crippen molar-refractivity contribution in [3.8, 4) is 5.75 Å². The van der Waals surface area contributed by atoms with E-state index in [0.29, 0.717) is 26.0 Å². The van der Waals surface area contributed by atoms with Crippen molar-refractivity contribution < 1.29 is 9.53 Å². The van der Waals surface area contributed by atoms with Crippen molar-refractivity contribution in [2.45, 2.75) is 46.2 Å². The Morgan fingerprint density at radius 2 is 2.04 bits per heavy atom. The lowest BCUT2D eigenvalue weighted by atomic mass is 10.1. The normalized spacial score (nSPS) is 13.7. The van der Waals surface area contributed by atoms with E-state index >= 15 is 0 Å². The van der Waals surface area contributed by atoms with Gasteiger partial charge in [-0.15, -0.1) is 10.2 Å². The smallest absolute Gasteiger partial charge is 0.223 e. The Labute approximate surface area is 142 Å². The van der Waals surface area contributed by atoms with Gasteiger partial charge >= 0.3 is 0 Å². The largest absolute Gasteiger partial charge is 0.494 e. The van der Waals surface area contributed by atoms with Gasteiger partial charge in [0, 0.05) is 25.9 Å². The highest BCUT2D eigenvalue weighted by Gasteiger charge is 2.23. The van der Waals surface area contributed by atoms with E-state index in [9.17, 15) is 4.79 Å². The number of fused-ring (bicyclic) bond motifs is 1. The molecule has 128 valence electrons. The number of para-hydroxylation sites is 1. The molecule has 6 heteroatoms. The molecule has 0 fully saturated rings. The monoisotopic (exact) mass is 328 g/mol. The summed E-state index contributed by atoms with van der Waals surface area (Å²) in [6, 6.07) is 7.93. The van der Waals surface area contributed by atoms with E-state index in [1.54, 1.807) is 0 Å². The van der Waals surface area contributed by atoms with Crippen molar-refractivity contribution >= 4 is 5.91 Å². The molecule has 0 saturated carbocycles. The minimum Gasteiger partial charge on any atom is -0.494 e. The second-order valence-electron chi connectivity index (χ2n) is 5.89. The molecule has 0 spiro atoms. The Morgan fingerprint density at radius 3 is 2.83 bits per heavy atom. The molecule has 0 radical (unpaired) electrons. The molecule has 1 amide bonds. The average Bonchev–Trinajstić information content (AvgIpc) is 3.03. The third kappa shape index (κ3) is 3.42. The molecule has 0 aliphatic carbocycles. The van der Waals surface area contributed by atoms with E-state index in [-0.39, 0.29) is 5.91 Å². The first-order valence-corrected chi connectivity index (χ1v) is 8.62. The van der Waals surface area contributed by atoms with Crippen LogP contribution in [0.3, 0.4) is 0 Å². The summed E-state index contributed by atoms with van der Waals surface area (Å²) in [5.74, 6) is 2.93. The molecule has 1 aromatic heterocycles. The maximum absolute atomic E-state index is 12.6. The van der Waals surface area contributed by atoms with Crippen LogP contribution in [-0.4, -0.2) is 38.7 Å². The second kappa shape index (κ2) is 7.47. The maximum Gasteiger partial charge on any atom is 0.223 e. The first-order chi connectivity index (χ1) is 11.7. The third-order valence-corrected chi connectivity index (χ3v) is 4.38. The van der Waals surface area contributed by atoms with Gasteiger partial charge in [0.2, 0.25) is 5.91 Å². The van der Waals surface area contributed by atoms with E-state index in [1.165, 1.54) is 0 Å². The third-order valence-electron chi connectivity index (χ3n) is 4.38. The molecule has 1 aliphatic heterocycles. The van der Waals surface area contributed by atoms with E-state index in [2.05, 4.69) is 21.7 Å². The average molecular weight is 328 g/mol. The second-order valence-corrected chi connectivity index (χ2v) is 5.89. The Bertz CT molecular complexity index is 711. The number of nitrogens with zero attached hydrogens (tertiary/aromatic N) is 4. The van der Waals surface area contributed by atoms with Crippen LogP contribution in [-0.2, 0) is 30.7 Å². The zero-order valence-electron chi connectivity index (χ0n) is 14.4. The molecule has 3 rings (SSSR count). The first kappa shape index (κ1) is 16.5. The zero-order chi connectivity index (χ0) is 16.9. The van der Waals surface area contributed by atoms with E-state index in [1.807, 2.05) is 36.1 Å². The quantitative estimate of drug-likeness (QED) is 0.816. The molecule has 6 nitrogen and oxygen atoms in total. The molecule has 1 aromatic carbocycles. The number of hydrogen-bond acceptors (Lipinski definition) is 4. The van der Waals surface area contributed by atoms with E-state index in [4.69, 9.17) is 4.74 Å². The highest BCUT2D eigenvalue weighted by Crippen LogP contribution is 2.21. The topological polar surface area (TPSA) is 60.2 Å². The summed E-state index contributed by atoms with van der Waals surface area (Å²) in [6.07, 6.45) is 2.05. The molecule has 0 atom stereocenters. The van der Waals surface area contributed by atoms with Crippen LogP contribution in [0.1, 0.15) is 37.5 Å². The van der Waals surface area contributed by atoms with Crippen LogP contribution >= 0.6 is 0 Å². The van der Waals surface area contributed by atoms with Gasteiger partial charge in [-0.3, -0.25) is 4.79 Å². The Morgan fingerprint density at radius 1 is 1.21 bits per heavy atom. The minimum absolute atomic E-state index is 0.161. The molecule has 0 saturated heterocycles. The van der Waals surface area contributed by atoms with Crippen LogP contribution in [0.25, 0.3) is 0 Å². The van der Waals surface area contributed by atoms with Crippen LogP contribution in [0.15, 0.2) is 24.3 Å². The number of amides is 1. The van der Waals surface area contributed by atoms with Gasteiger partial charge in [-0.25, -0.2) is 0 Å². The van der Waals surface area contributed by atoms with Crippen molar-refractivity contribution in [2.75, 3.05) is 13.2 Å². The van der Waals surface area contributed by atoms with Crippen LogP contribution in [0.2, 0.25) is 0 Å². The van der Waals surface area contributed by atoms with Crippen molar-refractivity contribution in [1.82, 2.24) is 19.7 Å². The lowest BCUT2D eigenvalue weighted by Gasteiger charge is -2.28. The minimum atomic E-state index is 0.161. The number of rotatable bonds is 6. The van der Waals surface area contributed by atoms with E-state index in [0.717, 1.165) is 42.5 Å². The first-order valence-electron chi connectivity index (χ1n) is 8.62. The number of carbonyl (C=O) groups is 1. The summed E-state index contributed by atoms with van der Waals surface area (Å²) >= 11 is 0. The van der Waals surface area contributed by atoms with Gasteiger partial charge in [0.25, 0.3) is 0 Å². The Balaban J connectivity index is 1.60. The van der Waals surface area contributed by atoms with Gasteiger partial charge in [-0.1, -0.05) is 25.1 Å². The van der Waals surface area contributed by atoms with E-state index < -0.39 is 0 Å². The molecule has 24 heavy (non-hydrogen) atoms. The molecular formula is C18H24N4O2. The lowest BCUT2D eigenvalue weighted by Crippen LogP contribution is -2.38. The molecule has 0 N–H and O–H groups in total. The van der Waals surface area contributed by atoms with Crippen LogP contribution < -0.4 is 4.74 Å². The Hall–Kier alpha value is -2.37. The summed E-state index contributed by atoms with van der Waals surface area (Å²) in [5.41, 5.74) is 1.08. The number of aryl methyl sites for hydroxylation is 2. The molecule has 0 bridgehead atoms. The summed E-state index contributed by atoms with van der Waals surface area (Å²) in [4.78, 5) is 14.4. The highest BCUT2D eigenvalue weighted by molar-refractivity contribution is 5.76. The highest BCUT2D eigenvalue weighted by atomic mass is 16.5. The number of benzene rings is 1. The number of ether oxygens (including phenoxy) is 1. The van der Waals surface area contributed by atoms with Crippen molar-refractivity contribution in [3.05, 3.63) is 41.5 Å². The van der Waals surface area contributed by atoms with Gasteiger partial charge < -0.3 is 14.2 Å². The predicted octanol–water partition coefficient (Wildman–Crippen LogP) is 2.21. The van der Waals surface area contributed by atoms with Crippen molar-refractivity contribution in [2.24, 2.45) is 0 Å². The van der Waals surface area contributed by atoms with Gasteiger partial charge in [-0.2, -0.15) is 0 Å². The molecule has 0 unspecified atom stereocenters. The number of hydrogen-bond donors (Lipinski definition) is 0. The molecule has 2 heterocycles. The summed E-state index contributed by atoms with van der Waals surface area (Å²) < 4.78 is 7.76. The summed E-state index contributed by atoms with van der Waals surface area (Å²) in [5, 5.41) is 8.41. The fourth-order valence-corrected chi connectivity index (χ4v) is 3.10. The van der Waals surface area contributed by atoms with Gasteiger partial charge in [0.1, 0.15) is 11.6 Å². The number of carbonyl (C=O) groups excluding carboxylic acids is 1. The number of aromatic nitrogens is 3. The fourth-order valence-electron chi connectivity index (χ4n) is 3.10. The van der Waals surface area contributed by atoms with Gasteiger partial charge in [0.15, 0.2) is 5.82 Å². The molecular weight excluding hydrogens is 304 g/mol. The van der Waals surface area contributed by atoms with Gasteiger partial charge in [0.05, 0.1) is 13.2 Å². The van der Waals surface area contributed by atoms with Crippen LogP contribution in [0.4, 0.5) is 0 Å². The van der Waals surface area contributed by atoms with Crippen molar-refractivity contribution in [1.29, 1.82) is 0 Å². The zero-order valence-corrected chi connectivity index (χ0v) is 14.4. The van der Waals surface area contributed by atoms with Crippen LogP contribution in [0.5, 0.6) is 5.75 Å². The summed E-state index contributed by atoms with van der Waals surface area (Å²) in [6.45, 7) is 6.74.